The fourth-order valence-corrected chi connectivity index (χ4v) is 3.96. The summed E-state index contributed by atoms with van der Waals surface area (Å²) >= 11 is 1.44. The van der Waals surface area contributed by atoms with Crippen LogP contribution in [0.15, 0.2) is 46.3 Å². The van der Waals surface area contributed by atoms with Gasteiger partial charge >= 0.3 is 0 Å². The van der Waals surface area contributed by atoms with Gasteiger partial charge < -0.3 is 4.74 Å². The number of ether oxygens (including phenoxy) is 1. The van der Waals surface area contributed by atoms with Crippen molar-refractivity contribution in [3.05, 3.63) is 46.9 Å². The molecule has 1 fully saturated rings. The van der Waals surface area contributed by atoms with Crippen LogP contribution in [-0.4, -0.2) is 35.7 Å². The topological polar surface area (TPSA) is 41.9 Å². The maximum Gasteiger partial charge on any atom is 0.266 e. The summed E-state index contributed by atoms with van der Waals surface area (Å²) in [4.78, 5) is 19.6. The van der Waals surface area contributed by atoms with E-state index >= 15 is 0 Å². The first-order valence-electron chi connectivity index (χ1n) is 8.60. The van der Waals surface area contributed by atoms with Gasteiger partial charge in [-0.3, -0.25) is 14.7 Å². The predicted octanol–water partition coefficient (Wildman–Crippen LogP) is 4.55. The van der Waals surface area contributed by atoms with Crippen molar-refractivity contribution in [3.8, 4) is 5.75 Å². The molecule has 0 atom stereocenters. The summed E-state index contributed by atoms with van der Waals surface area (Å²) in [5.41, 5.74) is 0.949. The van der Waals surface area contributed by atoms with E-state index in [4.69, 9.17) is 4.74 Å². The van der Waals surface area contributed by atoms with Crippen molar-refractivity contribution in [2.24, 2.45) is 4.99 Å². The minimum Gasteiger partial charge on any atom is -0.493 e. The van der Waals surface area contributed by atoms with Crippen molar-refractivity contribution in [3.63, 3.8) is 0 Å². The molecule has 1 heterocycles. The van der Waals surface area contributed by atoms with Gasteiger partial charge in [-0.1, -0.05) is 30.3 Å². The zero-order valence-corrected chi connectivity index (χ0v) is 15.6. The Morgan fingerprint density at radius 2 is 1.96 bits per heavy atom. The maximum atomic E-state index is 12.7. The van der Waals surface area contributed by atoms with E-state index in [0.29, 0.717) is 24.6 Å². The molecule has 5 heteroatoms. The summed E-state index contributed by atoms with van der Waals surface area (Å²) in [6.45, 7) is 7.78. The molecular formula is C20H22N2O2S. The first kappa shape index (κ1) is 17.5. The number of aliphatic imine (C=N–C) groups is 1. The molecule has 1 saturated heterocycles. The third-order valence-corrected chi connectivity index (χ3v) is 5.05. The van der Waals surface area contributed by atoms with Gasteiger partial charge in [0, 0.05) is 18.7 Å². The Balaban J connectivity index is 2.13. The van der Waals surface area contributed by atoms with Crippen molar-refractivity contribution in [2.45, 2.75) is 20.8 Å². The number of fused-ring (bicyclic) bond motifs is 1. The highest BCUT2D eigenvalue weighted by Gasteiger charge is 2.32. The average molecular weight is 354 g/mol. The molecule has 130 valence electrons. The molecule has 0 bridgehead atoms. The molecule has 0 aliphatic carbocycles. The van der Waals surface area contributed by atoms with Crippen molar-refractivity contribution in [2.75, 3.05) is 19.7 Å². The number of nitrogens with zero attached hydrogens (tertiary/aromatic N) is 2. The lowest BCUT2D eigenvalue weighted by atomic mass is 10.0. The number of likely N-dealkylation sites (N-methyl/N-ethyl adjacent to an activating group) is 1. The molecule has 0 aromatic heterocycles. The highest BCUT2D eigenvalue weighted by molar-refractivity contribution is 8.18. The van der Waals surface area contributed by atoms with Crippen molar-refractivity contribution in [1.82, 2.24) is 4.90 Å². The van der Waals surface area contributed by atoms with Crippen molar-refractivity contribution >= 4 is 39.7 Å². The van der Waals surface area contributed by atoms with E-state index < -0.39 is 0 Å². The number of hydrogen-bond donors (Lipinski definition) is 0. The summed E-state index contributed by atoms with van der Waals surface area (Å²) < 4.78 is 5.81. The second-order valence-corrected chi connectivity index (χ2v) is 6.56. The number of benzene rings is 2. The fraction of sp³-hybridized carbons (Fsp3) is 0.300. The molecule has 2 aromatic carbocycles. The van der Waals surface area contributed by atoms with E-state index in [0.717, 1.165) is 27.3 Å². The van der Waals surface area contributed by atoms with Crippen LogP contribution in [0.2, 0.25) is 0 Å². The first-order chi connectivity index (χ1) is 12.2. The van der Waals surface area contributed by atoms with E-state index in [-0.39, 0.29) is 5.91 Å². The van der Waals surface area contributed by atoms with E-state index in [1.54, 1.807) is 4.90 Å². The first-order valence-corrected chi connectivity index (χ1v) is 9.41. The lowest BCUT2D eigenvalue weighted by Crippen LogP contribution is -2.28. The van der Waals surface area contributed by atoms with Crippen LogP contribution in [0.3, 0.4) is 0 Å². The highest BCUT2D eigenvalue weighted by Crippen LogP contribution is 2.36. The largest absolute Gasteiger partial charge is 0.493 e. The van der Waals surface area contributed by atoms with Gasteiger partial charge in [-0.05, 0) is 55.4 Å². The molecule has 2 aromatic rings. The van der Waals surface area contributed by atoms with Crippen LogP contribution in [0.4, 0.5) is 0 Å². The zero-order chi connectivity index (χ0) is 17.8. The third-order valence-electron chi connectivity index (χ3n) is 4.00. The van der Waals surface area contributed by atoms with Gasteiger partial charge in [0.1, 0.15) is 5.75 Å². The summed E-state index contributed by atoms with van der Waals surface area (Å²) in [7, 11) is 0. The number of carbonyl (C=O) groups excluding carboxylic acids is 1. The molecule has 1 aliphatic heterocycles. The summed E-state index contributed by atoms with van der Waals surface area (Å²) in [5.74, 6) is 0.807. The van der Waals surface area contributed by atoms with E-state index in [1.807, 2.05) is 51.1 Å². The number of rotatable bonds is 5. The van der Waals surface area contributed by atoms with Crippen LogP contribution < -0.4 is 4.74 Å². The third kappa shape index (κ3) is 3.42. The highest BCUT2D eigenvalue weighted by atomic mass is 32.2. The lowest BCUT2D eigenvalue weighted by Gasteiger charge is -2.12. The standard InChI is InChI=1S/C20H22N2O2S/c1-4-21-20-22(5-2)19(23)18(25-20)13-16-15-10-8-7-9-14(15)11-12-17(16)24-6-3/h7-13H,4-6H2,1-3H3/b18-13-,21-20?. The lowest BCUT2D eigenvalue weighted by molar-refractivity contribution is -0.122. The van der Waals surface area contributed by atoms with Gasteiger partial charge in [-0.15, -0.1) is 0 Å². The van der Waals surface area contributed by atoms with Gasteiger partial charge in [-0.2, -0.15) is 0 Å². The molecule has 1 amide bonds. The van der Waals surface area contributed by atoms with Crippen LogP contribution >= 0.6 is 11.8 Å². The molecule has 1 aliphatic rings. The number of amides is 1. The summed E-state index contributed by atoms with van der Waals surface area (Å²) in [5, 5.41) is 2.99. The molecular weight excluding hydrogens is 332 g/mol. The van der Waals surface area contributed by atoms with E-state index in [1.165, 1.54) is 11.8 Å². The van der Waals surface area contributed by atoms with Gasteiger partial charge in [0.15, 0.2) is 5.17 Å². The monoisotopic (exact) mass is 354 g/mol. The molecule has 0 unspecified atom stereocenters. The van der Waals surface area contributed by atoms with Gasteiger partial charge in [0.2, 0.25) is 0 Å². The Morgan fingerprint density at radius 1 is 1.16 bits per heavy atom. The van der Waals surface area contributed by atoms with Crippen LogP contribution in [0.5, 0.6) is 5.75 Å². The molecule has 0 radical (unpaired) electrons. The minimum absolute atomic E-state index is 0.00934. The van der Waals surface area contributed by atoms with Gasteiger partial charge in [-0.25, -0.2) is 0 Å². The molecule has 0 saturated carbocycles. The Bertz CT molecular complexity index is 858. The smallest absolute Gasteiger partial charge is 0.266 e. The quantitative estimate of drug-likeness (QED) is 0.740. The normalized spacial score (nSPS) is 17.9. The number of amidine groups is 1. The Kier molecular flexibility index (Phi) is 5.43. The Labute approximate surface area is 152 Å². The zero-order valence-electron chi connectivity index (χ0n) is 14.8. The van der Waals surface area contributed by atoms with Crippen LogP contribution in [0, 0.1) is 0 Å². The predicted molar refractivity (Wildman–Crippen MR) is 106 cm³/mol. The van der Waals surface area contributed by atoms with Crippen LogP contribution in [0.25, 0.3) is 16.8 Å². The van der Waals surface area contributed by atoms with Crippen molar-refractivity contribution in [1.29, 1.82) is 0 Å². The van der Waals surface area contributed by atoms with Crippen LogP contribution in [0.1, 0.15) is 26.3 Å². The second kappa shape index (κ2) is 7.74. The Morgan fingerprint density at radius 3 is 2.68 bits per heavy atom. The van der Waals surface area contributed by atoms with Crippen LogP contribution in [-0.2, 0) is 4.79 Å². The van der Waals surface area contributed by atoms with Gasteiger partial charge in [0.25, 0.3) is 5.91 Å². The number of hydrogen-bond acceptors (Lipinski definition) is 4. The SMILES string of the molecule is CCN=C1S/C(=C\c2c(OCC)ccc3ccccc23)C(=O)N1CC. The summed E-state index contributed by atoms with van der Waals surface area (Å²) in [6, 6.07) is 12.2. The minimum atomic E-state index is 0.00934. The second-order valence-electron chi connectivity index (χ2n) is 5.55. The van der Waals surface area contributed by atoms with Gasteiger partial charge in [0.05, 0.1) is 11.5 Å². The van der Waals surface area contributed by atoms with Crippen molar-refractivity contribution < 1.29 is 9.53 Å². The molecule has 0 spiro atoms. The average Bonchev–Trinajstić information content (AvgIpc) is 2.92. The number of carbonyl (C=O) groups is 1. The molecule has 4 nitrogen and oxygen atoms in total. The molecule has 3 rings (SSSR count). The number of thioether (sulfide) groups is 1. The van der Waals surface area contributed by atoms with E-state index in [2.05, 4.69) is 17.1 Å². The van der Waals surface area contributed by atoms with E-state index in [9.17, 15) is 4.79 Å². The molecule has 0 N–H and O–H groups in total. The Hall–Kier alpha value is -2.27. The molecule has 25 heavy (non-hydrogen) atoms. The summed E-state index contributed by atoms with van der Waals surface area (Å²) in [6.07, 6.45) is 1.95. The fourth-order valence-electron chi connectivity index (χ4n) is 2.88. The maximum absolute atomic E-state index is 12.7.